The Morgan fingerprint density at radius 1 is 1.40 bits per heavy atom. The summed E-state index contributed by atoms with van der Waals surface area (Å²) in [7, 11) is -4.12. The molecule has 1 aromatic carbocycles. The van der Waals surface area contributed by atoms with Gasteiger partial charge < -0.3 is 5.11 Å². The predicted molar refractivity (Wildman–Crippen MR) is 54.1 cm³/mol. The van der Waals surface area contributed by atoms with Crippen LogP contribution < -0.4 is 4.72 Å². The van der Waals surface area contributed by atoms with Crippen LogP contribution in [0.4, 0.5) is 0 Å². The molecule has 0 amide bonds. The molecule has 0 unspecified atom stereocenters. The summed E-state index contributed by atoms with van der Waals surface area (Å²) in [6.07, 6.45) is 1.24. The summed E-state index contributed by atoms with van der Waals surface area (Å²) in [6.45, 7) is 0. The van der Waals surface area contributed by atoms with Gasteiger partial charge in [0, 0.05) is 5.02 Å². The summed E-state index contributed by atoms with van der Waals surface area (Å²) in [5.41, 5.74) is 0. The monoisotopic (exact) mass is 266 g/mol. The molecular weight excluding hydrogens is 263 g/mol. The van der Waals surface area contributed by atoms with Crippen LogP contribution in [0, 0.1) is 11.5 Å². The smallest absolute Gasteiger partial charge is 0.273 e. The van der Waals surface area contributed by atoms with Gasteiger partial charge in [0.1, 0.15) is 4.90 Å². The molecule has 0 heterocycles. The normalized spacial score (nSPS) is 10.7. The van der Waals surface area contributed by atoms with Gasteiger partial charge in [0.05, 0.1) is 5.02 Å². The fourth-order valence-electron chi connectivity index (χ4n) is 0.862. The molecular formula is C7H4Cl2N2O3S. The van der Waals surface area contributed by atoms with Gasteiger partial charge in [-0.3, -0.25) is 0 Å². The standard InChI is InChI=1S/C7H4Cl2N2O3S/c8-4-1-5(9)7(12)6(2-4)15(13,14)11-3-10/h1-2,11-12H. The minimum absolute atomic E-state index is 0.0381. The second kappa shape index (κ2) is 4.14. The molecule has 0 saturated heterocycles. The van der Waals surface area contributed by atoms with Crippen LogP contribution in [0.15, 0.2) is 17.0 Å². The summed E-state index contributed by atoms with van der Waals surface area (Å²) in [5, 5.41) is 17.4. The molecule has 0 spiro atoms. The first-order valence-corrected chi connectivity index (χ1v) is 5.71. The fourth-order valence-corrected chi connectivity index (χ4v) is 2.35. The van der Waals surface area contributed by atoms with Crippen LogP contribution in [0.5, 0.6) is 5.75 Å². The quantitative estimate of drug-likeness (QED) is 0.627. The molecule has 0 bridgehead atoms. The second-order valence-electron chi connectivity index (χ2n) is 2.45. The van der Waals surface area contributed by atoms with E-state index >= 15 is 0 Å². The molecule has 5 nitrogen and oxygen atoms in total. The molecule has 0 atom stereocenters. The summed E-state index contributed by atoms with van der Waals surface area (Å²) >= 11 is 11.1. The minimum atomic E-state index is -4.12. The maximum Gasteiger partial charge on any atom is 0.273 e. The van der Waals surface area contributed by atoms with Crippen LogP contribution in [0.25, 0.3) is 0 Å². The second-order valence-corrected chi connectivity index (χ2v) is 4.95. The summed E-state index contributed by atoms with van der Waals surface area (Å²) in [6, 6.07) is 2.17. The number of phenols is 1. The largest absolute Gasteiger partial charge is 0.505 e. The van der Waals surface area contributed by atoms with Gasteiger partial charge in [-0.1, -0.05) is 23.2 Å². The number of rotatable bonds is 2. The fraction of sp³-hybridized carbons (Fsp3) is 0. The van der Waals surface area contributed by atoms with E-state index < -0.39 is 20.7 Å². The van der Waals surface area contributed by atoms with Crippen molar-refractivity contribution in [1.29, 1.82) is 5.26 Å². The van der Waals surface area contributed by atoms with Crippen LogP contribution >= 0.6 is 23.2 Å². The number of phenolic OH excluding ortho intramolecular Hbond substituents is 1. The molecule has 0 radical (unpaired) electrons. The van der Waals surface area contributed by atoms with Crippen LogP contribution in [-0.4, -0.2) is 13.5 Å². The van der Waals surface area contributed by atoms with Crippen molar-refractivity contribution >= 4 is 33.2 Å². The minimum Gasteiger partial charge on any atom is -0.505 e. The number of nitriles is 1. The maximum atomic E-state index is 11.3. The van der Waals surface area contributed by atoms with Crippen LogP contribution in [0.2, 0.25) is 10.0 Å². The van der Waals surface area contributed by atoms with E-state index in [1.165, 1.54) is 17.0 Å². The van der Waals surface area contributed by atoms with E-state index in [-0.39, 0.29) is 10.0 Å². The number of sulfonamides is 1. The van der Waals surface area contributed by atoms with Gasteiger partial charge in [-0.15, -0.1) is 0 Å². The Balaban J connectivity index is 3.46. The van der Waals surface area contributed by atoms with Gasteiger partial charge in [0.2, 0.25) is 0 Å². The highest BCUT2D eigenvalue weighted by atomic mass is 35.5. The number of halogens is 2. The van der Waals surface area contributed by atoms with Gasteiger partial charge in [0.15, 0.2) is 11.9 Å². The number of benzene rings is 1. The van der Waals surface area contributed by atoms with Crippen molar-refractivity contribution in [2.45, 2.75) is 4.90 Å². The highest BCUT2D eigenvalue weighted by Gasteiger charge is 2.21. The van der Waals surface area contributed by atoms with Crippen molar-refractivity contribution in [2.24, 2.45) is 0 Å². The predicted octanol–water partition coefficient (Wildman–Crippen LogP) is 1.46. The third kappa shape index (κ3) is 2.45. The molecule has 8 heteroatoms. The molecule has 0 saturated carbocycles. The van der Waals surface area contributed by atoms with Crippen molar-refractivity contribution in [1.82, 2.24) is 4.72 Å². The van der Waals surface area contributed by atoms with Crippen molar-refractivity contribution in [3.8, 4) is 11.9 Å². The van der Waals surface area contributed by atoms with Gasteiger partial charge >= 0.3 is 0 Å². The van der Waals surface area contributed by atoms with E-state index in [1.54, 1.807) is 0 Å². The van der Waals surface area contributed by atoms with Gasteiger partial charge in [-0.2, -0.15) is 5.26 Å². The molecule has 0 aliphatic rings. The molecule has 0 fully saturated rings. The molecule has 1 rings (SSSR count). The van der Waals surface area contributed by atoms with Crippen LogP contribution in [0.3, 0.4) is 0 Å². The summed E-state index contributed by atoms with van der Waals surface area (Å²) < 4.78 is 24.2. The van der Waals surface area contributed by atoms with Crippen molar-refractivity contribution < 1.29 is 13.5 Å². The molecule has 0 aromatic heterocycles. The third-order valence-corrected chi connectivity index (χ3v) is 3.22. The van der Waals surface area contributed by atoms with Crippen molar-refractivity contribution in [2.75, 3.05) is 0 Å². The lowest BCUT2D eigenvalue weighted by Crippen LogP contribution is -2.18. The Hall–Kier alpha value is -1.16. The Morgan fingerprint density at radius 3 is 2.53 bits per heavy atom. The van der Waals surface area contributed by atoms with Crippen LogP contribution in [0.1, 0.15) is 0 Å². The Morgan fingerprint density at radius 2 is 2.00 bits per heavy atom. The zero-order valence-corrected chi connectivity index (χ0v) is 9.36. The zero-order chi connectivity index (χ0) is 11.6. The summed E-state index contributed by atoms with van der Waals surface area (Å²) in [4.78, 5) is -0.540. The number of hydrogen-bond donors (Lipinski definition) is 2. The lowest BCUT2D eigenvalue weighted by atomic mass is 10.3. The SMILES string of the molecule is N#CNS(=O)(=O)c1cc(Cl)cc(Cl)c1O. The average molecular weight is 267 g/mol. The number of hydrogen-bond acceptors (Lipinski definition) is 4. The van der Waals surface area contributed by atoms with E-state index in [0.29, 0.717) is 0 Å². The molecule has 2 N–H and O–H groups in total. The number of nitrogens with one attached hydrogen (secondary N) is 1. The van der Waals surface area contributed by atoms with Gasteiger partial charge in [-0.05, 0) is 12.1 Å². The zero-order valence-electron chi connectivity index (χ0n) is 7.03. The highest BCUT2D eigenvalue weighted by molar-refractivity contribution is 7.89. The summed E-state index contributed by atoms with van der Waals surface area (Å²) in [5.74, 6) is -0.649. The number of nitrogens with zero attached hydrogens (tertiary/aromatic N) is 1. The Bertz CT molecular complexity index is 536. The molecule has 80 valence electrons. The van der Waals surface area contributed by atoms with Gasteiger partial charge in [-0.25, -0.2) is 13.1 Å². The maximum absolute atomic E-state index is 11.3. The average Bonchev–Trinajstić information content (AvgIpc) is 2.11. The number of aromatic hydroxyl groups is 1. The molecule has 1 aromatic rings. The lowest BCUT2D eigenvalue weighted by Gasteiger charge is -2.06. The van der Waals surface area contributed by atoms with Gasteiger partial charge in [0.25, 0.3) is 10.0 Å². The van der Waals surface area contributed by atoms with Crippen molar-refractivity contribution in [3.05, 3.63) is 22.2 Å². The topological polar surface area (TPSA) is 90.2 Å². The first kappa shape index (κ1) is 11.9. The first-order valence-electron chi connectivity index (χ1n) is 3.47. The molecule has 0 aliphatic heterocycles. The first-order chi connectivity index (χ1) is 6.88. The Labute approximate surface area is 95.9 Å². The Kier molecular flexibility index (Phi) is 3.29. The lowest BCUT2D eigenvalue weighted by molar-refractivity contribution is 0.458. The van der Waals surface area contributed by atoms with E-state index in [9.17, 15) is 13.5 Å². The molecule has 15 heavy (non-hydrogen) atoms. The van der Waals surface area contributed by atoms with E-state index in [0.717, 1.165) is 6.07 Å². The third-order valence-electron chi connectivity index (χ3n) is 1.46. The van der Waals surface area contributed by atoms with Crippen molar-refractivity contribution in [3.63, 3.8) is 0 Å². The van der Waals surface area contributed by atoms with E-state index in [4.69, 9.17) is 28.5 Å². The highest BCUT2D eigenvalue weighted by Crippen LogP contribution is 2.33. The molecule has 0 aliphatic carbocycles. The van der Waals surface area contributed by atoms with Crippen LogP contribution in [-0.2, 0) is 10.0 Å². The van der Waals surface area contributed by atoms with E-state index in [2.05, 4.69) is 0 Å². The van der Waals surface area contributed by atoms with E-state index in [1.807, 2.05) is 0 Å².